The number of rotatable bonds is 5. The van der Waals surface area contributed by atoms with E-state index in [4.69, 9.17) is 0 Å². The van der Waals surface area contributed by atoms with E-state index in [0.717, 1.165) is 16.9 Å². The second-order valence-electron chi connectivity index (χ2n) is 5.64. The Kier molecular flexibility index (Phi) is 4.26. The minimum Gasteiger partial charge on any atom is -0.343 e. The van der Waals surface area contributed by atoms with E-state index in [0.29, 0.717) is 11.5 Å². The van der Waals surface area contributed by atoms with Crippen LogP contribution in [-0.2, 0) is 6.54 Å². The van der Waals surface area contributed by atoms with E-state index in [9.17, 15) is 4.79 Å². The number of carbonyl (C=O) groups is 1. The summed E-state index contributed by atoms with van der Waals surface area (Å²) in [7, 11) is 0. The molecule has 2 heterocycles. The number of para-hydroxylation sites is 1. The van der Waals surface area contributed by atoms with Gasteiger partial charge < -0.3 is 5.32 Å². The fourth-order valence-electron chi connectivity index (χ4n) is 2.64. The maximum atomic E-state index is 12.5. The molecule has 0 aliphatic heterocycles. The van der Waals surface area contributed by atoms with Crippen molar-refractivity contribution in [1.82, 2.24) is 30.3 Å². The zero-order valence-corrected chi connectivity index (χ0v) is 13.8. The molecule has 0 aliphatic carbocycles. The van der Waals surface area contributed by atoms with Gasteiger partial charge >= 0.3 is 0 Å². The van der Waals surface area contributed by atoms with Crippen molar-refractivity contribution in [3.05, 3.63) is 84.6 Å². The van der Waals surface area contributed by atoms with E-state index in [2.05, 4.69) is 25.6 Å². The van der Waals surface area contributed by atoms with Gasteiger partial charge in [-0.1, -0.05) is 48.5 Å². The van der Waals surface area contributed by atoms with Gasteiger partial charge in [0.2, 0.25) is 0 Å². The Hall–Kier alpha value is -3.74. The molecule has 1 amide bonds. The summed E-state index contributed by atoms with van der Waals surface area (Å²) in [4.78, 5) is 16.5. The van der Waals surface area contributed by atoms with Crippen molar-refractivity contribution in [2.75, 3.05) is 0 Å². The van der Waals surface area contributed by atoms with Gasteiger partial charge in [-0.15, -0.1) is 0 Å². The zero-order valence-electron chi connectivity index (χ0n) is 13.8. The zero-order chi connectivity index (χ0) is 17.8. The average molecular weight is 344 g/mol. The quantitative estimate of drug-likeness (QED) is 0.582. The number of nitrogens with zero attached hydrogens (tertiary/aromatic N) is 4. The number of aromatic nitrogens is 5. The molecule has 7 nitrogen and oxygen atoms in total. The fourth-order valence-corrected chi connectivity index (χ4v) is 2.64. The molecule has 0 radical (unpaired) electrons. The van der Waals surface area contributed by atoms with Crippen LogP contribution in [-0.4, -0.2) is 30.9 Å². The monoisotopic (exact) mass is 344 g/mol. The molecule has 2 aromatic carbocycles. The van der Waals surface area contributed by atoms with Gasteiger partial charge in [-0.25, -0.2) is 9.67 Å². The summed E-state index contributed by atoms with van der Waals surface area (Å²) in [6.45, 7) is 0.262. The summed E-state index contributed by atoms with van der Waals surface area (Å²) in [5.74, 6) is 0.317. The maximum absolute atomic E-state index is 12.5. The molecule has 4 aromatic rings. The maximum Gasteiger partial charge on any atom is 0.272 e. The fraction of sp³-hybridized carbons (Fsp3) is 0.0526. The first-order chi connectivity index (χ1) is 12.8. The summed E-state index contributed by atoms with van der Waals surface area (Å²) < 4.78 is 1.78. The van der Waals surface area contributed by atoms with Crippen LogP contribution in [0.4, 0.5) is 0 Å². The highest BCUT2D eigenvalue weighted by molar-refractivity contribution is 5.93. The first-order valence-corrected chi connectivity index (χ1v) is 8.14. The number of aromatic amines is 1. The minimum atomic E-state index is -0.270. The van der Waals surface area contributed by atoms with Crippen molar-refractivity contribution < 1.29 is 4.79 Å². The molecular weight excluding hydrogens is 328 g/mol. The highest BCUT2D eigenvalue weighted by Gasteiger charge is 2.16. The third kappa shape index (κ3) is 3.23. The molecule has 26 heavy (non-hydrogen) atoms. The number of hydrogen-bond acceptors (Lipinski definition) is 4. The Morgan fingerprint density at radius 2 is 1.77 bits per heavy atom. The average Bonchev–Trinajstić information content (AvgIpc) is 3.37. The van der Waals surface area contributed by atoms with Crippen LogP contribution < -0.4 is 5.32 Å². The standard InChI is InChI=1S/C19H16N6O/c26-19(20-12-18-21-13-22-23-18)16-11-17(14-7-3-1-4-8-14)25(24-16)15-9-5-2-6-10-15/h1-11,13H,12H2,(H,20,26)(H,21,22,23). The van der Waals surface area contributed by atoms with E-state index in [-0.39, 0.29) is 12.5 Å². The molecule has 0 aliphatic rings. The number of H-pyrrole nitrogens is 1. The Morgan fingerprint density at radius 1 is 1.04 bits per heavy atom. The Balaban J connectivity index is 1.68. The molecular formula is C19H16N6O. The molecule has 0 bridgehead atoms. The lowest BCUT2D eigenvalue weighted by Gasteiger charge is -2.07. The summed E-state index contributed by atoms with van der Waals surface area (Å²) in [5, 5.41) is 13.8. The molecule has 0 saturated heterocycles. The van der Waals surface area contributed by atoms with Gasteiger partial charge in [-0.05, 0) is 18.2 Å². The van der Waals surface area contributed by atoms with E-state index in [1.165, 1.54) is 6.33 Å². The summed E-state index contributed by atoms with van der Waals surface area (Å²) in [6.07, 6.45) is 1.40. The van der Waals surface area contributed by atoms with Crippen molar-refractivity contribution in [3.8, 4) is 16.9 Å². The van der Waals surface area contributed by atoms with Crippen LogP contribution in [0.3, 0.4) is 0 Å². The number of hydrogen-bond donors (Lipinski definition) is 2. The van der Waals surface area contributed by atoms with Crippen LogP contribution in [0.15, 0.2) is 73.1 Å². The van der Waals surface area contributed by atoms with E-state index in [1.807, 2.05) is 60.7 Å². The number of carbonyl (C=O) groups excluding carboxylic acids is 1. The van der Waals surface area contributed by atoms with Crippen LogP contribution in [0.1, 0.15) is 16.3 Å². The first kappa shape index (κ1) is 15.8. The topological polar surface area (TPSA) is 88.5 Å². The number of amides is 1. The van der Waals surface area contributed by atoms with Crippen LogP contribution in [0, 0.1) is 0 Å². The smallest absolute Gasteiger partial charge is 0.272 e. The molecule has 0 fully saturated rings. The van der Waals surface area contributed by atoms with Gasteiger partial charge in [-0.2, -0.15) is 10.2 Å². The van der Waals surface area contributed by atoms with Crippen LogP contribution in [0.5, 0.6) is 0 Å². The molecule has 0 spiro atoms. The van der Waals surface area contributed by atoms with Crippen molar-refractivity contribution in [1.29, 1.82) is 0 Å². The number of nitrogens with one attached hydrogen (secondary N) is 2. The molecule has 128 valence electrons. The lowest BCUT2D eigenvalue weighted by atomic mass is 10.1. The summed E-state index contributed by atoms with van der Waals surface area (Å²) in [6, 6.07) is 21.4. The van der Waals surface area contributed by atoms with Gasteiger partial charge in [0.15, 0.2) is 5.69 Å². The lowest BCUT2D eigenvalue weighted by Crippen LogP contribution is -2.24. The molecule has 0 saturated carbocycles. The molecule has 2 aromatic heterocycles. The van der Waals surface area contributed by atoms with Crippen molar-refractivity contribution in [3.63, 3.8) is 0 Å². The SMILES string of the molecule is O=C(NCc1ncn[nH]1)c1cc(-c2ccccc2)n(-c2ccccc2)n1. The summed E-state index contributed by atoms with van der Waals surface area (Å²) in [5.41, 5.74) is 3.06. The van der Waals surface area contributed by atoms with Gasteiger partial charge in [0.1, 0.15) is 12.2 Å². The Bertz CT molecular complexity index is 936. The van der Waals surface area contributed by atoms with Crippen LogP contribution in [0.2, 0.25) is 0 Å². The van der Waals surface area contributed by atoms with Gasteiger partial charge in [-0.3, -0.25) is 9.89 Å². The third-order valence-corrected chi connectivity index (χ3v) is 3.89. The highest BCUT2D eigenvalue weighted by Crippen LogP contribution is 2.23. The van der Waals surface area contributed by atoms with E-state index < -0.39 is 0 Å². The Labute approximate surface area is 149 Å². The van der Waals surface area contributed by atoms with Crippen LogP contribution in [0.25, 0.3) is 16.9 Å². The molecule has 7 heteroatoms. The lowest BCUT2D eigenvalue weighted by molar-refractivity contribution is 0.0944. The molecule has 0 unspecified atom stereocenters. The normalized spacial score (nSPS) is 10.6. The summed E-state index contributed by atoms with van der Waals surface area (Å²) >= 11 is 0. The molecule has 2 N–H and O–H groups in total. The second kappa shape index (κ2) is 7.02. The number of benzene rings is 2. The van der Waals surface area contributed by atoms with Crippen molar-refractivity contribution >= 4 is 5.91 Å². The molecule has 4 rings (SSSR count). The van der Waals surface area contributed by atoms with Crippen molar-refractivity contribution in [2.45, 2.75) is 6.54 Å². The second-order valence-corrected chi connectivity index (χ2v) is 5.64. The Morgan fingerprint density at radius 3 is 2.46 bits per heavy atom. The van der Waals surface area contributed by atoms with Gasteiger partial charge in [0.25, 0.3) is 5.91 Å². The van der Waals surface area contributed by atoms with Crippen molar-refractivity contribution in [2.24, 2.45) is 0 Å². The van der Waals surface area contributed by atoms with E-state index >= 15 is 0 Å². The third-order valence-electron chi connectivity index (χ3n) is 3.89. The molecule has 0 atom stereocenters. The van der Waals surface area contributed by atoms with E-state index in [1.54, 1.807) is 10.7 Å². The highest BCUT2D eigenvalue weighted by atomic mass is 16.1. The van der Waals surface area contributed by atoms with Gasteiger partial charge in [0, 0.05) is 5.56 Å². The minimum absolute atomic E-state index is 0.262. The van der Waals surface area contributed by atoms with Gasteiger partial charge in [0.05, 0.1) is 17.9 Å². The van der Waals surface area contributed by atoms with Crippen LogP contribution >= 0.6 is 0 Å². The first-order valence-electron chi connectivity index (χ1n) is 8.14. The predicted molar refractivity (Wildman–Crippen MR) is 96.6 cm³/mol. The largest absolute Gasteiger partial charge is 0.343 e. The predicted octanol–water partition coefficient (Wildman–Crippen LogP) is 2.59.